The minimum Gasteiger partial charge on any atom is -0.336 e. The fourth-order valence-corrected chi connectivity index (χ4v) is 2.54. The minimum atomic E-state index is -0.133. The van der Waals surface area contributed by atoms with E-state index < -0.39 is 0 Å². The fourth-order valence-electron chi connectivity index (χ4n) is 2.54. The van der Waals surface area contributed by atoms with Crippen molar-refractivity contribution >= 4 is 5.91 Å². The largest absolute Gasteiger partial charge is 0.336 e. The van der Waals surface area contributed by atoms with Crippen LogP contribution in [0.2, 0.25) is 0 Å². The highest BCUT2D eigenvalue weighted by molar-refractivity contribution is 5.94. The lowest BCUT2D eigenvalue weighted by Gasteiger charge is -2.35. The maximum Gasteiger partial charge on any atom is 0.254 e. The first-order valence-corrected chi connectivity index (χ1v) is 6.61. The molecular weight excluding hydrogens is 228 g/mol. The van der Waals surface area contributed by atoms with Gasteiger partial charge in [-0.15, -0.1) is 0 Å². The van der Waals surface area contributed by atoms with Gasteiger partial charge < -0.3 is 9.47 Å². The van der Waals surface area contributed by atoms with Crippen LogP contribution in [-0.2, 0) is 7.05 Å². The number of piperidine rings is 1. The Morgan fingerprint density at radius 1 is 1.44 bits per heavy atom. The van der Waals surface area contributed by atoms with Gasteiger partial charge in [0.15, 0.2) is 0 Å². The Labute approximate surface area is 107 Å². The van der Waals surface area contributed by atoms with Crippen molar-refractivity contribution in [2.45, 2.75) is 38.6 Å². The van der Waals surface area contributed by atoms with Gasteiger partial charge >= 0.3 is 0 Å². The molecule has 4 heteroatoms. The molecule has 1 aliphatic rings. The normalized spacial score (nSPS) is 19.9. The number of carbonyl (C=O) groups is 1. The van der Waals surface area contributed by atoms with Crippen LogP contribution in [-0.4, -0.2) is 28.0 Å². The van der Waals surface area contributed by atoms with E-state index in [1.165, 1.54) is 17.1 Å². The molecule has 2 rings (SSSR count). The first kappa shape index (κ1) is 12.9. The van der Waals surface area contributed by atoms with Crippen LogP contribution < -0.4 is 5.56 Å². The molecular formula is C14H20N2O2. The highest BCUT2D eigenvalue weighted by Crippen LogP contribution is 2.21. The number of aromatic nitrogens is 1. The lowest BCUT2D eigenvalue weighted by atomic mass is 9.99. The number of rotatable bonds is 2. The SMILES string of the molecule is CCC1CCCCN1C(=O)c1ccn(C)c(=O)c1. The van der Waals surface area contributed by atoms with E-state index in [4.69, 9.17) is 0 Å². The van der Waals surface area contributed by atoms with Crippen LogP contribution in [0.25, 0.3) is 0 Å². The maximum atomic E-state index is 12.4. The molecule has 18 heavy (non-hydrogen) atoms. The Hall–Kier alpha value is -1.58. The van der Waals surface area contributed by atoms with Crippen LogP contribution in [0.4, 0.5) is 0 Å². The molecule has 1 fully saturated rings. The third-order valence-electron chi connectivity index (χ3n) is 3.71. The second-order valence-corrected chi connectivity index (χ2v) is 4.92. The maximum absolute atomic E-state index is 12.4. The summed E-state index contributed by atoms with van der Waals surface area (Å²) in [6.07, 6.45) is 5.97. The van der Waals surface area contributed by atoms with Crippen LogP contribution in [0.15, 0.2) is 23.1 Å². The van der Waals surface area contributed by atoms with Gasteiger partial charge in [0, 0.05) is 37.5 Å². The van der Waals surface area contributed by atoms with Crippen molar-refractivity contribution in [1.29, 1.82) is 0 Å². The lowest BCUT2D eigenvalue weighted by molar-refractivity contribution is 0.0607. The van der Waals surface area contributed by atoms with Crippen molar-refractivity contribution in [1.82, 2.24) is 9.47 Å². The highest BCUT2D eigenvalue weighted by Gasteiger charge is 2.26. The zero-order chi connectivity index (χ0) is 13.1. The van der Waals surface area contributed by atoms with E-state index in [1.807, 2.05) is 4.90 Å². The van der Waals surface area contributed by atoms with Gasteiger partial charge in [0.05, 0.1) is 0 Å². The molecule has 0 N–H and O–H groups in total. The number of hydrogen-bond acceptors (Lipinski definition) is 2. The number of nitrogens with zero attached hydrogens (tertiary/aromatic N) is 2. The third-order valence-corrected chi connectivity index (χ3v) is 3.71. The smallest absolute Gasteiger partial charge is 0.254 e. The Balaban J connectivity index is 2.24. The molecule has 98 valence electrons. The highest BCUT2D eigenvalue weighted by atomic mass is 16.2. The summed E-state index contributed by atoms with van der Waals surface area (Å²) in [5, 5.41) is 0. The molecule has 2 heterocycles. The number of aryl methyl sites for hydroxylation is 1. The Morgan fingerprint density at radius 3 is 2.89 bits per heavy atom. The van der Waals surface area contributed by atoms with Crippen molar-refractivity contribution in [3.05, 3.63) is 34.2 Å². The molecule has 0 aromatic carbocycles. The van der Waals surface area contributed by atoms with Crippen LogP contribution in [0, 0.1) is 0 Å². The Bertz CT molecular complexity index is 493. The molecule has 1 aliphatic heterocycles. The molecule has 0 saturated carbocycles. The molecule has 1 saturated heterocycles. The fraction of sp³-hybridized carbons (Fsp3) is 0.571. The Morgan fingerprint density at radius 2 is 2.22 bits per heavy atom. The summed E-state index contributed by atoms with van der Waals surface area (Å²) in [5.74, 6) is -0.000694. The molecule has 1 amide bonds. The van der Waals surface area contributed by atoms with Gasteiger partial charge in [0.2, 0.25) is 0 Å². The van der Waals surface area contributed by atoms with Gasteiger partial charge in [-0.3, -0.25) is 9.59 Å². The molecule has 0 radical (unpaired) electrons. The topological polar surface area (TPSA) is 42.3 Å². The molecule has 1 aromatic rings. The predicted octanol–water partition coefficient (Wildman–Crippen LogP) is 1.79. The number of pyridine rings is 1. The van der Waals surface area contributed by atoms with Gasteiger partial charge in [-0.2, -0.15) is 0 Å². The summed E-state index contributed by atoms with van der Waals surface area (Å²) in [4.78, 5) is 25.9. The standard InChI is InChI=1S/C14H20N2O2/c1-3-12-6-4-5-8-16(12)14(18)11-7-9-15(2)13(17)10-11/h7,9-10,12H,3-6,8H2,1-2H3. The number of hydrogen-bond donors (Lipinski definition) is 0. The van der Waals surface area contributed by atoms with E-state index in [0.717, 1.165) is 25.8 Å². The zero-order valence-electron chi connectivity index (χ0n) is 11.1. The van der Waals surface area contributed by atoms with Crippen LogP contribution in [0.5, 0.6) is 0 Å². The van der Waals surface area contributed by atoms with E-state index in [9.17, 15) is 9.59 Å². The van der Waals surface area contributed by atoms with E-state index in [0.29, 0.717) is 11.6 Å². The second kappa shape index (κ2) is 5.38. The van der Waals surface area contributed by atoms with Gasteiger partial charge in [-0.1, -0.05) is 6.92 Å². The van der Waals surface area contributed by atoms with Crippen molar-refractivity contribution in [2.24, 2.45) is 7.05 Å². The van der Waals surface area contributed by atoms with Crippen LogP contribution in [0.1, 0.15) is 43.0 Å². The van der Waals surface area contributed by atoms with Gasteiger partial charge in [0.1, 0.15) is 0 Å². The van der Waals surface area contributed by atoms with Crippen molar-refractivity contribution in [3.8, 4) is 0 Å². The van der Waals surface area contributed by atoms with Crippen molar-refractivity contribution < 1.29 is 4.79 Å². The molecule has 0 bridgehead atoms. The first-order chi connectivity index (χ1) is 8.63. The van der Waals surface area contributed by atoms with Gasteiger partial charge in [-0.05, 0) is 31.7 Å². The number of amides is 1. The van der Waals surface area contributed by atoms with Crippen LogP contribution in [0.3, 0.4) is 0 Å². The molecule has 4 nitrogen and oxygen atoms in total. The van der Waals surface area contributed by atoms with Gasteiger partial charge in [0.25, 0.3) is 11.5 Å². The summed E-state index contributed by atoms with van der Waals surface area (Å²) >= 11 is 0. The average Bonchev–Trinajstić information content (AvgIpc) is 2.41. The summed E-state index contributed by atoms with van der Waals surface area (Å²) in [6, 6.07) is 3.49. The van der Waals surface area contributed by atoms with E-state index in [2.05, 4.69) is 6.92 Å². The molecule has 1 atom stereocenters. The quantitative estimate of drug-likeness (QED) is 0.800. The molecule has 1 aromatic heterocycles. The van der Waals surface area contributed by atoms with E-state index >= 15 is 0 Å². The Kier molecular flexibility index (Phi) is 3.84. The summed E-state index contributed by atoms with van der Waals surface area (Å²) < 4.78 is 1.48. The average molecular weight is 248 g/mol. The van der Waals surface area contributed by atoms with Crippen molar-refractivity contribution in [2.75, 3.05) is 6.54 Å². The first-order valence-electron chi connectivity index (χ1n) is 6.61. The third kappa shape index (κ3) is 2.47. The number of carbonyl (C=O) groups excluding carboxylic acids is 1. The zero-order valence-corrected chi connectivity index (χ0v) is 11.1. The van der Waals surface area contributed by atoms with Gasteiger partial charge in [-0.25, -0.2) is 0 Å². The molecule has 1 unspecified atom stereocenters. The lowest BCUT2D eigenvalue weighted by Crippen LogP contribution is -2.43. The molecule has 0 aliphatic carbocycles. The minimum absolute atomic E-state index is 0.000694. The predicted molar refractivity (Wildman–Crippen MR) is 70.6 cm³/mol. The van der Waals surface area contributed by atoms with E-state index in [-0.39, 0.29) is 11.5 Å². The summed E-state index contributed by atoms with van der Waals surface area (Å²) in [7, 11) is 1.69. The summed E-state index contributed by atoms with van der Waals surface area (Å²) in [6.45, 7) is 2.92. The van der Waals surface area contributed by atoms with Crippen LogP contribution >= 0.6 is 0 Å². The molecule has 0 spiro atoms. The van der Waals surface area contributed by atoms with Crippen molar-refractivity contribution in [3.63, 3.8) is 0 Å². The monoisotopic (exact) mass is 248 g/mol. The summed E-state index contributed by atoms with van der Waals surface area (Å²) in [5.41, 5.74) is 0.379. The van der Waals surface area contributed by atoms with E-state index in [1.54, 1.807) is 19.3 Å². The number of likely N-dealkylation sites (tertiary alicyclic amines) is 1. The second-order valence-electron chi connectivity index (χ2n) is 4.92.